The van der Waals surface area contributed by atoms with Gasteiger partial charge < -0.3 is 25.8 Å². The lowest BCUT2D eigenvalue weighted by atomic mass is 10.0. The Kier molecular flexibility index (Phi) is 9.41. The fourth-order valence-corrected chi connectivity index (χ4v) is 3.37. The Morgan fingerprint density at radius 1 is 1.00 bits per heavy atom. The van der Waals surface area contributed by atoms with Crippen LogP contribution >= 0.6 is 0 Å². The predicted molar refractivity (Wildman–Crippen MR) is 128 cm³/mol. The molecule has 0 bridgehead atoms. The second-order valence-electron chi connectivity index (χ2n) is 9.12. The lowest BCUT2D eigenvalue weighted by molar-refractivity contribution is -0.137. The van der Waals surface area contributed by atoms with Gasteiger partial charge in [-0.1, -0.05) is 42.5 Å². The molecule has 0 aliphatic carbocycles. The molecule has 0 aliphatic heterocycles. The zero-order valence-corrected chi connectivity index (χ0v) is 20.0. The van der Waals surface area contributed by atoms with E-state index < -0.39 is 35.7 Å². The van der Waals surface area contributed by atoms with Gasteiger partial charge in [0.15, 0.2) is 0 Å². The van der Waals surface area contributed by atoms with E-state index in [0.29, 0.717) is 6.54 Å². The SMILES string of the molecule is C[C@H](NC(=O)CC(CCC(=O)O)NC(=O)OC(C)(C)C)C(=O)NCc1cccc2ccccc12. The van der Waals surface area contributed by atoms with E-state index in [4.69, 9.17) is 9.84 Å². The van der Waals surface area contributed by atoms with Crippen LogP contribution in [0, 0.1) is 0 Å². The maximum atomic E-state index is 12.5. The van der Waals surface area contributed by atoms with Gasteiger partial charge in [-0.25, -0.2) is 4.79 Å². The minimum absolute atomic E-state index is 0.0453. The molecule has 184 valence electrons. The third-order valence-electron chi connectivity index (χ3n) is 4.96. The summed E-state index contributed by atoms with van der Waals surface area (Å²) in [6, 6.07) is 12.1. The first-order valence-corrected chi connectivity index (χ1v) is 11.2. The molecular formula is C25H33N3O6. The summed E-state index contributed by atoms with van der Waals surface area (Å²) in [6.45, 7) is 6.96. The number of amides is 3. The normalized spacial score (nSPS) is 12.9. The van der Waals surface area contributed by atoms with E-state index in [9.17, 15) is 19.2 Å². The Balaban J connectivity index is 1.91. The van der Waals surface area contributed by atoms with Gasteiger partial charge >= 0.3 is 12.1 Å². The highest BCUT2D eigenvalue weighted by Crippen LogP contribution is 2.18. The van der Waals surface area contributed by atoms with Crippen LogP contribution in [0.1, 0.15) is 52.5 Å². The minimum Gasteiger partial charge on any atom is -0.481 e. The van der Waals surface area contributed by atoms with Crippen LogP contribution < -0.4 is 16.0 Å². The Hall–Kier alpha value is -3.62. The maximum Gasteiger partial charge on any atom is 0.407 e. The molecule has 4 N–H and O–H groups in total. The zero-order valence-electron chi connectivity index (χ0n) is 20.0. The number of alkyl carbamates (subject to hydrolysis) is 1. The van der Waals surface area contributed by atoms with E-state index >= 15 is 0 Å². The van der Waals surface area contributed by atoms with Crippen molar-refractivity contribution in [2.24, 2.45) is 0 Å². The smallest absolute Gasteiger partial charge is 0.407 e. The molecule has 9 heteroatoms. The number of carboxylic acids is 1. The molecule has 0 aromatic heterocycles. The molecule has 9 nitrogen and oxygen atoms in total. The summed E-state index contributed by atoms with van der Waals surface area (Å²) in [4.78, 5) is 48.0. The van der Waals surface area contributed by atoms with E-state index in [2.05, 4.69) is 16.0 Å². The van der Waals surface area contributed by atoms with Crippen LogP contribution in [0.3, 0.4) is 0 Å². The zero-order chi connectivity index (χ0) is 25.3. The van der Waals surface area contributed by atoms with Gasteiger partial charge in [-0.2, -0.15) is 0 Å². The molecule has 1 unspecified atom stereocenters. The number of aliphatic carboxylic acids is 1. The largest absolute Gasteiger partial charge is 0.481 e. The Bertz CT molecular complexity index is 1030. The molecule has 2 aromatic carbocycles. The van der Waals surface area contributed by atoms with Crippen LogP contribution in [0.15, 0.2) is 42.5 Å². The molecule has 2 aromatic rings. The van der Waals surface area contributed by atoms with Gasteiger partial charge in [-0.3, -0.25) is 14.4 Å². The van der Waals surface area contributed by atoms with Crippen LogP contribution in [0.2, 0.25) is 0 Å². The molecule has 0 aliphatic rings. The minimum atomic E-state index is -1.04. The van der Waals surface area contributed by atoms with Gasteiger partial charge in [0.2, 0.25) is 11.8 Å². The quantitative estimate of drug-likeness (QED) is 0.421. The molecule has 0 fully saturated rings. The van der Waals surface area contributed by atoms with Gasteiger partial charge in [-0.05, 0) is 50.5 Å². The lowest BCUT2D eigenvalue weighted by Gasteiger charge is -2.23. The monoisotopic (exact) mass is 471 g/mol. The second-order valence-corrected chi connectivity index (χ2v) is 9.12. The fraction of sp³-hybridized carbons (Fsp3) is 0.440. The summed E-state index contributed by atoms with van der Waals surface area (Å²) in [5.74, 6) is -1.89. The van der Waals surface area contributed by atoms with Crippen molar-refractivity contribution in [3.05, 3.63) is 48.0 Å². The number of carboxylic acid groups (broad SMARTS) is 1. The molecule has 34 heavy (non-hydrogen) atoms. The molecule has 2 rings (SSSR count). The summed E-state index contributed by atoms with van der Waals surface area (Å²) in [6.07, 6.45) is -1.11. The van der Waals surface area contributed by atoms with Gasteiger partial charge in [0.1, 0.15) is 11.6 Å². The number of carbonyl (C=O) groups excluding carboxylic acids is 3. The van der Waals surface area contributed by atoms with Crippen LogP contribution in [-0.4, -0.2) is 46.7 Å². The van der Waals surface area contributed by atoms with Gasteiger partial charge in [-0.15, -0.1) is 0 Å². The topological polar surface area (TPSA) is 134 Å². The first-order chi connectivity index (χ1) is 15.9. The summed E-state index contributed by atoms with van der Waals surface area (Å²) in [7, 11) is 0. The van der Waals surface area contributed by atoms with Crippen molar-refractivity contribution in [2.45, 2.75) is 71.2 Å². The number of fused-ring (bicyclic) bond motifs is 1. The highest BCUT2D eigenvalue weighted by molar-refractivity contribution is 5.89. The standard InChI is InChI=1S/C25H33N3O6/c1-16(23(32)26-15-18-10-7-9-17-8-5-6-11-20(17)18)27-21(29)14-19(12-13-22(30)31)28-24(33)34-25(2,3)4/h5-11,16,19H,12-15H2,1-4H3,(H,26,32)(H,27,29)(H,28,33)(H,30,31)/t16-,19?/m0/s1. The van der Waals surface area contributed by atoms with Crippen molar-refractivity contribution in [3.8, 4) is 0 Å². The van der Waals surface area contributed by atoms with Crippen LogP contribution in [0.25, 0.3) is 10.8 Å². The molecule has 0 saturated carbocycles. The van der Waals surface area contributed by atoms with Crippen molar-refractivity contribution in [1.82, 2.24) is 16.0 Å². The lowest BCUT2D eigenvalue weighted by Crippen LogP contribution is -2.47. The fourth-order valence-electron chi connectivity index (χ4n) is 3.37. The highest BCUT2D eigenvalue weighted by Gasteiger charge is 2.23. The number of carbonyl (C=O) groups is 4. The average Bonchev–Trinajstić information content (AvgIpc) is 2.74. The van der Waals surface area contributed by atoms with Crippen molar-refractivity contribution in [1.29, 1.82) is 0 Å². The molecular weight excluding hydrogens is 438 g/mol. The molecule has 2 atom stereocenters. The Morgan fingerprint density at radius 2 is 1.68 bits per heavy atom. The number of rotatable bonds is 10. The summed E-state index contributed by atoms with van der Waals surface area (Å²) in [5, 5.41) is 19.0. The number of benzene rings is 2. The number of hydrogen-bond acceptors (Lipinski definition) is 5. The highest BCUT2D eigenvalue weighted by atomic mass is 16.6. The molecule has 0 spiro atoms. The summed E-state index contributed by atoms with van der Waals surface area (Å²) in [5.41, 5.74) is 0.223. The van der Waals surface area contributed by atoms with Gasteiger partial charge in [0.25, 0.3) is 0 Å². The van der Waals surface area contributed by atoms with E-state index in [1.165, 1.54) is 0 Å². The van der Waals surface area contributed by atoms with E-state index in [0.717, 1.165) is 16.3 Å². The Morgan fingerprint density at radius 3 is 2.35 bits per heavy atom. The Labute approximate surface area is 199 Å². The van der Waals surface area contributed by atoms with Crippen molar-refractivity contribution < 1.29 is 29.0 Å². The van der Waals surface area contributed by atoms with E-state index in [1.54, 1.807) is 27.7 Å². The van der Waals surface area contributed by atoms with Crippen molar-refractivity contribution in [3.63, 3.8) is 0 Å². The summed E-state index contributed by atoms with van der Waals surface area (Å²) < 4.78 is 5.19. The van der Waals surface area contributed by atoms with Crippen LogP contribution in [0.4, 0.5) is 4.79 Å². The third-order valence-corrected chi connectivity index (χ3v) is 4.96. The molecule has 0 heterocycles. The van der Waals surface area contributed by atoms with Crippen LogP contribution in [-0.2, 0) is 25.7 Å². The molecule has 3 amide bonds. The van der Waals surface area contributed by atoms with Crippen molar-refractivity contribution >= 4 is 34.6 Å². The maximum absolute atomic E-state index is 12.5. The predicted octanol–water partition coefficient (Wildman–Crippen LogP) is 3.11. The van der Waals surface area contributed by atoms with Gasteiger partial charge in [0, 0.05) is 25.4 Å². The molecule has 0 radical (unpaired) electrons. The van der Waals surface area contributed by atoms with Crippen molar-refractivity contribution in [2.75, 3.05) is 0 Å². The third kappa shape index (κ3) is 9.09. The van der Waals surface area contributed by atoms with Gasteiger partial charge in [0.05, 0.1) is 0 Å². The second kappa shape index (κ2) is 12.0. The van der Waals surface area contributed by atoms with Crippen LogP contribution in [0.5, 0.6) is 0 Å². The molecule has 0 saturated heterocycles. The summed E-state index contributed by atoms with van der Waals surface area (Å²) >= 11 is 0. The first-order valence-electron chi connectivity index (χ1n) is 11.2. The number of ether oxygens (including phenoxy) is 1. The number of hydrogen-bond donors (Lipinski definition) is 4. The first kappa shape index (κ1) is 26.6. The average molecular weight is 472 g/mol. The number of nitrogens with one attached hydrogen (secondary N) is 3. The van der Waals surface area contributed by atoms with E-state index in [1.807, 2.05) is 42.5 Å². The van der Waals surface area contributed by atoms with E-state index in [-0.39, 0.29) is 25.2 Å².